The predicted octanol–water partition coefficient (Wildman–Crippen LogP) is 0.342. The first kappa shape index (κ1) is 8.16. The average molecular weight is 172 g/mol. The number of thiazole rings is 1. The summed E-state index contributed by atoms with van der Waals surface area (Å²) in [6, 6.07) is 0. The molecule has 0 aliphatic carbocycles. The summed E-state index contributed by atoms with van der Waals surface area (Å²) in [7, 11) is 0. The molecule has 1 rings (SSSR count). The van der Waals surface area contributed by atoms with Crippen molar-refractivity contribution in [3.8, 4) is 0 Å². The Labute approximate surface area is 67.7 Å². The van der Waals surface area contributed by atoms with E-state index in [4.69, 9.17) is 10.8 Å². The van der Waals surface area contributed by atoms with E-state index in [1.54, 1.807) is 5.38 Å². The zero-order valence-electron chi connectivity index (χ0n) is 5.78. The number of nitrogens with zero attached hydrogens (tertiary/aromatic N) is 1. The van der Waals surface area contributed by atoms with Crippen molar-refractivity contribution in [1.82, 2.24) is 4.98 Å². The molecule has 1 aromatic heterocycles. The van der Waals surface area contributed by atoms with E-state index in [2.05, 4.69) is 4.98 Å². The molecule has 0 aliphatic rings. The zero-order valence-corrected chi connectivity index (χ0v) is 6.60. The molecular weight excluding hydrogens is 164 g/mol. The van der Waals surface area contributed by atoms with E-state index in [0.717, 1.165) is 17.0 Å². The molecule has 0 radical (unpaired) electrons. The maximum Gasteiger partial charge on any atom is 0.365 e. The fraction of sp³-hybridized carbons (Fsp3) is 0.333. The molecule has 4 nitrogen and oxygen atoms in total. The largest absolute Gasteiger partial charge is 0.476 e. The molecule has 0 atom stereocenters. The lowest BCUT2D eigenvalue weighted by molar-refractivity contribution is 0.0696. The summed E-state index contributed by atoms with van der Waals surface area (Å²) in [4.78, 5) is 14.2. The van der Waals surface area contributed by atoms with Crippen LogP contribution in [-0.2, 0) is 6.42 Å². The summed E-state index contributed by atoms with van der Waals surface area (Å²) in [5.74, 6) is -0.974. The molecule has 1 aromatic rings. The number of hydrogen-bond donors (Lipinski definition) is 2. The smallest absolute Gasteiger partial charge is 0.365 e. The third-order valence-electron chi connectivity index (χ3n) is 1.14. The summed E-state index contributed by atoms with van der Waals surface area (Å²) in [5.41, 5.74) is 6.02. The van der Waals surface area contributed by atoms with E-state index in [1.807, 2.05) is 0 Å². The second-order valence-corrected chi connectivity index (χ2v) is 2.85. The van der Waals surface area contributed by atoms with E-state index >= 15 is 0 Å². The van der Waals surface area contributed by atoms with Crippen molar-refractivity contribution < 1.29 is 9.90 Å². The highest BCUT2D eigenvalue weighted by Gasteiger charge is 2.07. The van der Waals surface area contributed by atoms with Crippen molar-refractivity contribution in [2.45, 2.75) is 6.42 Å². The minimum Gasteiger partial charge on any atom is -0.476 e. The Morgan fingerprint density at radius 1 is 1.82 bits per heavy atom. The lowest BCUT2D eigenvalue weighted by Gasteiger charge is -1.87. The Morgan fingerprint density at radius 2 is 2.55 bits per heavy atom. The van der Waals surface area contributed by atoms with Crippen LogP contribution >= 0.6 is 11.3 Å². The number of aromatic carboxylic acids is 1. The van der Waals surface area contributed by atoms with Crippen LogP contribution in [0.5, 0.6) is 0 Å². The van der Waals surface area contributed by atoms with Crippen LogP contribution in [0.3, 0.4) is 0 Å². The van der Waals surface area contributed by atoms with Gasteiger partial charge in [0, 0.05) is 11.8 Å². The molecule has 0 saturated carbocycles. The molecule has 0 unspecified atom stereocenters. The third-order valence-corrected chi connectivity index (χ3v) is 2.01. The van der Waals surface area contributed by atoms with Crippen molar-refractivity contribution in [2.24, 2.45) is 5.73 Å². The monoisotopic (exact) mass is 172 g/mol. The summed E-state index contributed by atoms with van der Waals surface area (Å²) < 4.78 is 0. The van der Waals surface area contributed by atoms with E-state index < -0.39 is 5.97 Å². The first-order chi connectivity index (χ1) is 5.24. The van der Waals surface area contributed by atoms with Crippen LogP contribution in [0.15, 0.2) is 5.38 Å². The summed E-state index contributed by atoms with van der Waals surface area (Å²) >= 11 is 1.13. The van der Waals surface area contributed by atoms with Crippen LogP contribution in [0.2, 0.25) is 0 Å². The molecule has 0 fully saturated rings. The second kappa shape index (κ2) is 3.45. The Hall–Kier alpha value is -0.940. The highest BCUT2D eigenvalue weighted by atomic mass is 32.1. The molecule has 1 heterocycles. The molecule has 0 amide bonds. The van der Waals surface area contributed by atoms with Crippen LogP contribution in [0.1, 0.15) is 15.5 Å². The van der Waals surface area contributed by atoms with Gasteiger partial charge in [0.25, 0.3) is 0 Å². The van der Waals surface area contributed by atoms with Crippen LogP contribution in [-0.4, -0.2) is 22.6 Å². The summed E-state index contributed by atoms with van der Waals surface area (Å²) in [6.07, 6.45) is 0.643. The Morgan fingerprint density at radius 3 is 3.00 bits per heavy atom. The quantitative estimate of drug-likeness (QED) is 0.689. The molecule has 11 heavy (non-hydrogen) atoms. The number of rotatable bonds is 3. The molecule has 0 aromatic carbocycles. The van der Waals surface area contributed by atoms with Crippen molar-refractivity contribution in [3.63, 3.8) is 0 Å². The molecule has 0 aliphatic heterocycles. The van der Waals surface area contributed by atoms with Gasteiger partial charge in [-0.25, -0.2) is 9.78 Å². The van der Waals surface area contributed by atoms with Gasteiger partial charge in [-0.1, -0.05) is 0 Å². The lowest BCUT2D eigenvalue weighted by atomic mass is 10.3. The standard InChI is InChI=1S/C6H8N2O2S/c7-2-1-4-3-11-5(8-4)6(9)10/h3H,1-2,7H2,(H,9,10). The minimum atomic E-state index is -0.974. The van der Waals surface area contributed by atoms with Gasteiger partial charge in [0.1, 0.15) is 0 Å². The van der Waals surface area contributed by atoms with Gasteiger partial charge in [-0.3, -0.25) is 0 Å². The average Bonchev–Trinajstić information content (AvgIpc) is 2.37. The van der Waals surface area contributed by atoms with E-state index in [-0.39, 0.29) is 5.01 Å². The summed E-state index contributed by atoms with van der Waals surface area (Å²) in [5, 5.41) is 10.3. The lowest BCUT2D eigenvalue weighted by Crippen LogP contribution is -2.03. The number of carboxylic acid groups (broad SMARTS) is 1. The summed E-state index contributed by atoms with van der Waals surface area (Å²) in [6.45, 7) is 0.503. The SMILES string of the molecule is NCCc1csc(C(=O)O)n1. The number of carbonyl (C=O) groups is 1. The number of nitrogens with two attached hydrogens (primary N) is 1. The van der Waals surface area contributed by atoms with Crippen molar-refractivity contribution in [3.05, 3.63) is 16.1 Å². The molecule has 0 saturated heterocycles. The van der Waals surface area contributed by atoms with Crippen molar-refractivity contribution >= 4 is 17.3 Å². The normalized spacial score (nSPS) is 9.91. The molecule has 0 spiro atoms. The van der Waals surface area contributed by atoms with E-state index in [0.29, 0.717) is 13.0 Å². The van der Waals surface area contributed by atoms with Crippen LogP contribution in [0.4, 0.5) is 0 Å². The highest BCUT2D eigenvalue weighted by molar-refractivity contribution is 7.11. The number of carboxylic acids is 1. The molecule has 5 heteroatoms. The van der Waals surface area contributed by atoms with Gasteiger partial charge in [0.05, 0.1) is 5.69 Å². The Bertz CT molecular complexity index is 259. The third kappa shape index (κ3) is 1.99. The van der Waals surface area contributed by atoms with Gasteiger partial charge in [-0.15, -0.1) is 11.3 Å². The van der Waals surface area contributed by atoms with E-state index in [9.17, 15) is 4.79 Å². The maximum atomic E-state index is 10.3. The highest BCUT2D eigenvalue weighted by Crippen LogP contribution is 2.09. The van der Waals surface area contributed by atoms with Gasteiger partial charge < -0.3 is 10.8 Å². The van der Waals surface area contributed by atoms with Crippen LogP contribution in [0, 0.1) is 0 Å². The first-order valence-electron chi connectivity index (χ1n) is 3.12. The minimum absolute atomic E-state index is 0.133. The first-order valence-corrected chi connectivity index (χ1v) is 3.99. The predicted molar refractivity (Wildman–Crippen MR) is 41.8 cm³/mol. The number of aromatic nitrogens is 1. The molecule has 60 valence electrons. The molecular formula is C6H8N2O2S. The fourth-order valence-corrected chi connectivity index (χ4v) is 1.36. The Balaban J connectivity index is 2.73. The molecule has 0 bridgehead atoms. The van der Waals surface area contributed by atoms with E-state index in [1.165, 1.54) is 0 Å². The van der Waals surface area contributed by atoms with Gasteiger partial charge in [-0.05, 0) is 6.54 Å². The Kier molecular flexibility index (Phi) is 2.56. The maximum absolute atomic E-state index is 10.3. The van der Waals surface area contributed by atoms with Crippen LogP contribution in [0.25, 0.3) is 0 Å². The topological polar surface area (TPSA) is 76.2 Å². The van der Waals surface area contributed by atoms with Gasteiger partial charge in [0.2, 0.25) is 5.01 Å². The van der Waals surface area contributed by atoms with Gasteiger partial charge >= 0.3 is 5.97 Å². The molecule has 3 N–H and O–H groups in total. The van der Waals surface area contributed by atoms with Crippen molar-refractivity contribution in [2.75, 3.05) is 6.54 Å². The number of hydrogen-bond acceptors (Lipinski definition) is 4. The zero-order chi connectivity index (χ0) is 8.27. The van der Waals surface area contributed by atoms with Gasteiger partial charge in [-0.2, -0.15) is 0 Å². The van der Waals surface area contributed by atoms with Crippen molar-refractivity contribution in [1.29, 1.82) is 0 Å². The van der Waals surface area contributed by atoms with Gasteiger partial charge in [0.15, 0.2) is 0 Å². The fourth-order valence-electron chi connectivity index (χ4n) is 0.668. The van der Waals surface area contributed by atoms with Crippen LogP contribution < -0.4 is 5.73 Å². The second-order valence-electron chi connectivity index (χ2n) is 1.99.